The summed E-state index contributed by atoms with van der Waals surface area (Å²) in [4.78, 5) is 35.4. The molecule has 0 aliphatic heterocycles. The number of ether oxygens (including phenoxy) is 2. The molecule has 3 aromatic carbocycles. The van der Waals surface area contributed by atoms with Gasteiger partial charge in [0.1, 0.15) is 24.2 Å². The Hall–Kier alpha value is -5.75. The first-order valence-electron chi connectivity index (χ1n) is 14.3. The van der Waals surface area contributed by atoms with E-state index < -0.39 is 5.91 Å². The minimum absolute atomic E-state index is 0.183. The third kappa shape index (κ3) is 6.92. The van der Waals surface area contributed by atoms with E-state index in [1.54, 1.807) is 55.6 Å². The standard InChI is InChI=1S/C36H33N5O4/c1-22-30(18-27(20-39-22)41-35(43)31-17-25(36(2,3)4)16-24(19-37)33(31)44-5)34(42)40-26-10-12-28(13-11-26)45-21-23-14-15-38-32-9-7-6-8-29(23)32/h6-18,20H,21H2,1-5H3,(H,40,42)(H,41,43). The highest BCUT2D eigenvalue weighted by Gasteiger charge is 2.23. The zero-order valence-corrected chi connectivity index (χ0v) is 25.8. The average Bonchev–Trinajstić information content (AvgIpc) is 3.04. The Balaban J connectivity index is 1.28. The molecule has 226 valence electrons. The molecule has 9 heteroatoms. The maximum Gasteiger partial charge on any atom is 0.259 e. The van der Waals surface area contributed by atoms with Crippen molar-refractivity contribution in [2.24, 2.45) is 0 Å². The molecule has 0 spiro atoms. The number of pyridine rings is 2. The van der Waals surface area contributed by atoms with Crippen molar-refractivity contribution in [1.29, 1.82) is 5.26 Å². The number of carbonyl (C=O) groups excluding carboxylic acids is 2. The van der Waals surface area contributed by atoms with E-state index in [0.29, 0.717) is 35.0 Å². The van der Waals surface area contributed by atoms with Crippen molar-refractivity contribution in [2.75, 3.05) is 17.7 Å². The van der Waals surface area contributed by atoms with Crippen LogP contribution in [0.5, 0.6) is 11.5 Å². The predicted molar refractivity (Wildman–Crippen MR) is 174 cm³/mol. The Bertz CT molecular complexity index is 1930. The van der Waals surface area contributed by atoms with Gasteiger partial charge in [-0.15, -0.1) is 0 Å². The van der Waals surface area contributed by atoms with Crippen molar-refractivity contribution in [2.45, 2.75) is 39.7 Å². The smallest absolute Gasteiger partial charge is 0.259 e. The van der Waals surface area contributed by atoms with Gasteiger partial charge in [0.05, 0.1) is 46.9 Å². The van der Waals surface area contributed by atoms with Gasteiger partial charge in [0.15, 0.2) is 0 Å². The number of rotatable bonds is 8. The Morgan fingerprint density at radius 1 is 0.889 bits per heavy atom. The Morgan fingerprint density at radius 3 is 2.31 bits per heavy atom. The summed E-state index contributed by atoms with van der Waals surface area (Å²) >= 11 is 0. The zero-order valence-electron chi connectivity index (χ0n) is 25.8. The summed E-state index contributed by atoms with van der Waals surface area (Å²) in [6.07, 6.45) is 3.25. The van der Waals surface area contributed by atoms with Crippen LogP contribution >= 0.6 is 0 Å². The van der Waals surface area contributed by atoms with Crippen LogP contribution in [-0.4, -0.2) is 28.9 Å². The lowest BCUT2D eigenvalue weighted by Crippen LogP contribution is -2.19. The third-order valence-electron chi connectivity index (χ3n) is 7.36. The minimum atomic E-state index is -0.484. The molecule has 2 heterocycles. The fourth-order valence-corrected chi connectivity index (χ4v) is 4.84. The van der Waals surface area contributed by atoms with Crippen LogP contribution in [0.25, 0.3) is 10.9 Å². The molecule has 0 saturated carbocycles. The number of amides is 2. The topological polar surface area (TPSA) is 126 Å². The quantitative estimate of drug-likeness (QED) is 0.193. The van der Waals surface area contributed by atoms with Gasteiger partial charge in [-0.25, -0.2) is 0 Å². The van der Waals surface area contributed by atoms with Crippen LogP contribution in [0.15, 0.2) is 85.2 Å². The molecule has 9 nitrogen and oxygen atoms in total. The van der Waals surface area contributed by atoms with Crippen LogP contribution in [0.1, 0.15) is 63.9 Å². The monoisotopic (exact) mass is 599 g/mol. The lowest BCUT2D eigenvalue weighted by Gasteiger charge is -2.22. The molecule has 2 N–H and O–H groups in total. The molecule has 0 atom stereocenters. The van der Waals surface area contributed by atoms with E-state index in [4.69, 9.17) is 9.47 Å². The van der Waals surface area contributed by atoms with Gasteiger partial charge >= 0.3 is 0 Å². The lowest BCUT2D eigenvalue weighted by atomic mass is 9.84. The van der Waals surface area contributed by atoms with E-state index in [9.17, 15) is 14.9 Å². The fourth-order valence-electron chi connectivity index (χ4n) is 4.84. The van der Waals surface area contributed by atoms with E-state index in [1.807, 2.05) is 51.1 Å². The van der Waals surface area contributed by atoms with E-state index in [0.717, 1.165) is 22.0 Å². The number of carbonyl (C=O) groups is 2. The average molecular weight is 600 g/mol. The second-order valence-corrected chi connectivity index (χ2v) is 11.5. The number of nitrogens with zero attached hydrogens (tertiary/aromatic N) is 3. The molecule has 0 unspecified atom stereocenters. The van der Waals surface area contributed by atoms with Gasteiger partial charge < -0.3 is 20.1 Å². The molecular weight excluding hydrogens is 566 g/mol. The van der Waals surface area contributed by atoms with Crippen molar-refractivity contribution in [3.8, 4) is 17.6 Å². The van der Waals surface area contributed by atoms with Crippen molar-refractivity contribution >= 4 is 34.1 Å². The highest BCUT2D eigenvalue weighted by atomic mass is 16.5. The van der Waals surface area contributed by atoms with Crippen molar-refractivity contribution in [3.05, 3.63) is 119 Å². The SMILES string of the molecule is COc1c(C#N)cc(C(C)(C)C)cc1C(=O)Nc1cnc(C)c(C(=O)Nc2ccc(OCc3ccnc4ccccc34)cc2)c1. The summed E-state index contributed by atoms with van der Waals surface area (Å²) in [5, 5.41) is 16.4. The van der Waals surface area contributed by atoms with E-state index >= 15 is 0 Å². The molecule has 5 aromatic rings. The molecule has 2 aromatic heterocycles. The number of nitrogens with one attached hydrogen (secondary N) is 2. The minimum Gasteiger partial charge on any atom is -0.495 e. The Kier molecular flexibility index (Phi) is 8.77. The zero-order chi connectivity index (χ0) is 32.1. The number of para-hydroxylation sites is 1. The largest absolute Gasteiger partial charge is 0.495 e. The summed E-state index contributed by atoms with van der Waals surface area (Å²) in [5.74, 6) is -0.0292. The number of anilines is 2. The normalized spacial score (nSPS) is 11.0. The van der Waals surface area contributed by atoms with Gasteiger partial charge in [0, 0.05) is 22.8 Å². The van der Waals surface area contributed by atoms with Gasteiger partial charge in [0.2, 0.25) is 0 Å². The highest BCUT2D eigenvalue weighted by molar-refractivity contribution is 6.09. The van der Waals surface area contributed by atoms with E-state index in [2.05, 4.69) is 26.7 Å². The highest BCUT2D eigenvalue weighted by Crippen LogP contribution is 2.32. The molecular formula is C36H33N5O4. The first-order valence-corrected chi connectivity index (χ1v) is 14.3. The summed E-state index contributed by atoms with van der Waals surface area (Å²) in [7, 11) is 1.42. The van der Waals surface area contributed by atoms with Gasteiger partial charge in [-0.3, -0.25) is 19.6 Å². The molecule has 0 radical (unpaired) electrons. The number of benzene rings is 3. The molecule has 0 aliphatic rings. The van der Waals surface area contributed by atoms with Crippen molar-refractivity contribution in [1.82, 2.24) is 9.97 Å². The van der Waals surface area contributed by atoms with E-state index in [1.165, 1.54) is 13.3 Å². The van der Waals surface area contributed by atoms with Gasteiger partial charge in [-0.05, 0) is 72.5 Å². The van der Waals surface area contributed by atoms with Gasteiger partial charge in [-0.1, -0.05) is 39.0 Å². The van der Waals surface area contributed by atoms with Gasteiger partial charge in [-0.2, -0.15) is 5.26 Å². The maximum atomic E-state index is 13.4. The summed E-state index contributed by atoms with van der Waals surface area (Å²) < 4.78 is 11.4. The van der Waals surface area contributed by atoms with Crippen LogP contribution < -0.4 is 20.1 Å². The summed E-state index contributed by atoms with van der Waals surface area (Å²) in [5.41, 5.74) is 4.61. The number of fused-ring (bicyclic) bond motifs is 1. The van der Waals surface area contributed by atoms with Crippen LogP contribution in [0, 0.1) is 18.3 Å². The summed E-state index contributed by atoms with van der Waals surface area (Å²) in [6.45, 7) is 8.09. The molecule has 5 rings (SSSR count). The third-order valence-corrected chi connectivity index (χ3v) is 7.36. The lowest BCUT2D eigenvalue weighted by molar-refractivity contribution is 0.101. The number of hydrogen-bond acceptors (Lipinski definition) is 7. The van der Waals surface area contributed by atoms with Crippen LogP contribution in [0.2, 0.25) is 0 Å². The number of nitriles is 1. The molecule has 0 fully saturated rings. The van der Waals surface area contributed by atoms with E-state index in [-0.39, 0.29) is 28.2 Å². The van der Waals surface area contributed by atoms with Crippen LogP contribution in [-0.2, 0) is 12.0 Å². The van der Waals surface area contributed by atoms with Crippen molar-refractivity contribution < 1.29 is 19.1 Å². The van der Waals surface area contributed by atoms with Crippen molar-refractivity contribution in [3.63, 3.8) is 0 Å². The van der Waals surface area contributed by atoms with Crippen LogP contribution in [0.3, 0.4) is 0 Å². The predicted octanol–water partition coefficient (Wildman–Crippen LogP) is 7.20. The number of methoxy groups -OCH3 is 1. The van der Waals surface area contributed by atoms with Gasteiger partial charge in [0.25, 0.3) is 11.8 Å². The Labute approximate surface area is 261 Å². The number of aromatic nitrogens is 2. The number of hydrogen-bond donors (Lipinski definition) is 2. The molecule has 0 saturated heterocycles. The molecule has 45 heavy (non-hydrogen) atoms. The number of aryl methyl sites for hydroxylation is 1. The second-order valence-electron chi connectivity index (χ2n) is 11.5. The first kappa shape index (κ1) is 30.7. The molecule has 0 bridgehead atoms. The molecule has 0 aliphatic carbocycles. The second kappa shape index (κ2) is 12.9. The summed E-state index contributed by atoms with van der Waals surface area (Å²) in [6, 6.07) is 24.1. The Morgan fingerprint density at radius 2 is 1.60 bits per heavy atom. The maximum absolute atomic E-state index is 13.4. The first-order chi connectivity index (χ1) is 21.6. The molecule has 2 amide bonds. The van der Waals surface area contributed by atoms with Crippen LogP contribution in [0.4, 0.5) is 11.4 Å². The fraction of sp³-hybridized carbons (Fsp3) is 0.194.